The highest BCUT2D eigenvalue weighted by molar-refractivity contribution is 6.31. The van der Waals surface area contributed by atoms with Gasteiger partial charge < -0.3 is 15.3 Å². The lowest BCUT2D eigenvalue weighted by Gasteiger charge is -2.26. The Labute approximate surface area is 243 Å². The molecule has 1 aromatic carbocycles. The lowest BCUT2D eigenvalue weighted by molar-refractivity contribution is 0.102. The minimum absolute atomic E-state index is 0.210. The van der Waals surface area contributed by atoms with Crippen LogP contribution in [0.25, 0.3) is 11.3 Å². The smallest absolute Gasteiger partial charge is 0.275 e. The van der Waals surface area contributed by atoms with E-state index in [4.69, 9.17) is 11.6 Å². The number of benzene rings is 1. The number of anilines is 2. The summed E-state index contributed by atoms with van der Waals surface area (Å²) in [6.07, 6.45) is 10.2. The van der Waals surface area contributed by atoms with E-state index in [2.05, 4.69) is 35.3 Å². The average molecular weight is 599 g/mol. The molecule has 0 spiro atoms. The molecule has 1 aliphatic heterocycles. The van der Waals surface area contributed by atoms with Crippen LogP contribution in [0.1, 0.15) is 60.1 Å². The molecule has 1 amide bonds. The van der Waals surface area contributed by atoms with Gasteiger partial charge in [0.05, 0.1) is 47.1 Å². The van der Waals surface area contributed by atoms with E-state index in [0.717, 1.165) is 68.7 Å². The van der Waals surface area contributed by atoms with E-state index in [-0.39, 0.29) is 22.5 Å². The number of aliphatic hydroxyl groups is 1. The highest BCUT2D eigenvalue weighted by Crippen LogP contribution is 2.42. The van der Waals surface area contributed by atoms with Crippen LogP contribution in [0.5, 0.6) is 0 Å². The number of nitrogens with zero attached hydrogens (tertiary/aromatic N) is 7. The molecule has 2 fully saturated rings. The van der Waals surface area contributed by atoms with Crippen molar-refractivity contribution in [1.29, 1.82) is 0 Å². The number of carbonyl (C=O) groups excluding carboxylic acids is 1. The molecule has 4 heterocycles. The van der Waals surface area contributed by atoms with Gasteiger partial charge in [0.15, 0.2) is 5.82 Å². The van der Waals surface area contributed by atoms with E-state index in [1.165, 1.54) is 6.20 Å². The third kappa shape index (κ3) is 5.93. The number of rotatable bonds is 9. The van der Waals surface area contributed by atoms with Crippen LogP contribution >= 0.6 is 11.6 Å². The molecule has 3 aromatic heterocycles. The van der Waals surface area contributed by atoms with Crippen molar-refractivity contribution in [1.82, 2.24) is 29.7 Å². The Morgan fingerprint density at radius 3 is 2.69 bits per heavy atom. The number of hydrogen-bond donors (Lipinski definition) is 2. The first-order valence-electron chi connectivity index (χ1n) is 13.4. The van der Waals surface area contributed by atoms with Crippen molar-refractivity contribution in [2.75, 3.05) is 16.8 Å². The second kappa shape index (κ2) is 11.3. The predicted molar refractivity (Wildman–Crippen MR) is 148 cm³/mol. The van der Waals surface area contributed by atoms with Crippen molar-refractivity contribution in [2.45, 2.75) is 56.7 Å². The first-order chi connectivity index (χ1) is 20.2. The van der Waals surface area contributed by atoms with Gasteiger partial charge in [-0.1, -0.05) is 17.7 Å². The van der Waals surface area contributed by atoms with Crippen molar-refractivity contribution in [3.63, 3.8) is 0 Å². The first-order valence-corrected chi connectivity index (χ1v) is 13.8. The normalized spacial score (nSPS) is 17.6. The third-order valence-corrected chi connectivity index (χ3v) is 7.78. The largest absolute Gasteiger partial charge is 0.390 e. The lowest BCUT2D eigenvalue weighted by Crippen LogP contribution is -2.34. The van der Waals surface area contributed by atoms with Gasteiger partial charge in [0.1, 0.15) is 5.69 Å². The highest BCUT2D eigenvalue weighted by Gasteiger charge is 2.44. The van der Waals surface area contributed by atoms with Crippen molar-refractivity contribution in [2.24, 2.45) is 0 Å². The molecule has 4 aromatic rings. The second-order valence-electron chi connectivity index (χ2n) is 10.6. The quantitative estimate of drug-likeness (QED) is 0.275. The summed E-state index contributed by atoms with van der Waals surface area (Å²) >= 11 is 5.80. The Morgan fingerprint density at radius 1 is 1.17 bits per heavy atom. The maximum atomic E-state index is 14.7. The fraction of sp³-hybridized carbons (Fsp3) is 0.357. The van der Waals surface area contributed by atoms with Gasteiger partial charge in [-0.3, -0.25) is 14.5 Å². The van der Waals surface area contributed by atoms with Gasteiger partial charge in [-0.2, -0.15) is 5.10 Å². The van der Waals surface area contributed by atoms with E-state index >= 15 is 0 Å². The summed E-state index contributed by atoms with van der Waals surface area (Å²) in [5.74, 6) is -1.12. The standard InChI is InChI=1S/C28H26ClF3N8O2/c29-20-4-3-19(25(31)32)23(24(20)30)21-12-33-13-22(38-21)26(41)37-17-11-36-39(15-17)14-16-9-34-27(35-10-16)40-7-1-2-18(40)8-28(42)5-6-28/h3-4,9-13,15,18,25,42H,1-2,5-8,14H2,(H,37,41)/t18-/m0/s1. The average Bonchev–Trinajstić information content (AvgIpc) is 3.30. The maximum absolute atomic E-state index is 14.7. The van der Waals surface area contributed by atoms with Gasteiger partial charge in [0, 0.05) is 47.9 Å². The Morgan fingerprint density at radius 2 is 1.95 bits per heavy atom. The van der Waals surface area contributed by atoms with E-state index in [9.17, 15) is 23.1 Å². The van der Waals surface area contributed by atoms with E-state index in [0.29, 0.717) is 18.2 Å². The van der Waals surface area contributed by atoms with Crippen LogP contribution in [0, 0.1) is 5.82 Å². The van der Waals surface area contributed by atoms with Gasteiger partial charge in [0.25, 0.3) is 12.3 Å². The molecule has 1 atom stereocenters. The van der Waals surface area contributed by atoms with Crippen LogP contribution in [0.3, 0.4) is 0 Å². The number of amides is 1. The van der Waals surface area contributed by atoms with Gasteiger partial charge in [-0.25, -0.2) is 28.1 Å². The number of carbonyl (C=O) groups is 1. The zero-order valence-corrected chi connectivity index (χ0v) is 23.0. The third-order valence-electron chi connectivity index (χ3n) is 7.49. The zero-order chi connectivity index (χ0) is 29.4. The molecule has 1 aliphatic carbocycles. The van der Waals surface area contributed by atoms with E-state index in [1.807, 2.05) is 0 Å². The number of hydrogen-bond acceptors (Lipinski definition) is 8. The Balaban J connectivity index is 1.11. The van der Waals surface area contributed by atoms with Gasteiger partial charge >= 0.3 is 0 Å². The van der Waals surface area contributed by atoms with E-state index < -0.39 is 34.9 Å². The van der Waals surface area contributed by atoms with Gasteiger partial charge in [0.2, 0.25) is 5.95 Å². The Kier molecular flexibility index (Phi) is 7.54. The van der Waals surface area contributed by atoms with Gasteiger partial charge in [-0.05, 0) is 38.2 Å². The Bertz CT molecular complexity index is 1610. The van der Waals surface area contributed by atoms with Crippen LogP contribution in [0.2, 0.25) is 5.02 Å². The molecule has 0 bridgehead atoms. The summed E-state index contributed by atoms with van der Waals surface area (Å²) in [6.45, 7) is 1.20. The molecule has 14 heteroatoms. The summed E-state index contributed by atoms with van der Waals surface area (Å²) in [7, 11) is 0. The molecule has 0 radical (unpaired) electrons. The number of nitrogens with one attached hydrogen (secondary N) is 1. The maximum Gasteiger partial charge on any atom is 0.275 e. The SMILES string of the molecule is O=C(Nc1cnn(Cc2cnc(N3CCC[C@H]3CC3(O)CC3)nc2)c1)c1cncc(-c2c(C(F)F)ccc(Cl)c2F)n1. The summed E-state index contributed by atoms with van der Waals surface area (Å²) in [6, 6.07) is 2.28. The molecule has 0 unspecified atom stereocenters. The van der Waals surface area contributed by atoms with Crippen LogP contribution in [-0.4, -0.2) is 58.9 Å². The topological polar surface area (TPSA) is 122 Å². The lowest BCUT2D eigenvalue weighted by atomic mass is 10.0. The second-order valence-corrected chi connectivity index (χ2v) is 11.0. The predicted octanol–water partition coefficient (Wildman–Crippen LogP) is 5.04. The van der Waals surface area contributed by atoms with Crippen LogP contribution in [0.15, 0.2) is 49.3 Å². The van der Waals surface area contributed by atoms with Crippen LogP contribution < -0.4 is 10.2 Å². The molecular weight excluding hydrogens is 573 g/mol. The van der Waals surface area contributed by atoms with Crippen LogP contribution in [0.4, 0.5) is 24.8 Å². The number of aromatic nitrogens is 6. The molecule has 2 N–H and O–H groups in total. The minimum Gasteiger partial charge on any atom is -0.390 e. The summed E-state index contributed by atoms with van der Waals surface area (Å²) in [5.41, 5.74) is -0.959. The molecule has 6 rings (SSSR count). The summed E-state index contributed by atoms with van der Waals surface area (Å²) < 4.78 is 43.3. The fourth-order valence-electron chi connectivity index (χ4n) is 5.18. The molecule has 2 aliphatic rings. The van der Waals surface area contributed by atoms with Crippen LogP contribution in [-0.2, 0) is 6.54 Å². The minimum atomic E-state index is -2.99. The number of halogens is 4. The summed E-state index contributed by atoms with van der Waals surface area (Å²) in [4.78, 5) is 32.0. The molecule has 218 valence electrons. The van der Waals surface area contributed by atoms with Gasteiger partial charge in [-0.15, -0.1) is 0 Å². The summed E-state index contributed by atoms with van der Waals surface area (Å²) in [5, 5.41) is 16.9. The van der Waals surface area contributed by atoms with Crippen molar-refractivity contribution < 1.29 is 23.1 Å². The number of alkyl halides is 2. The van der Waals surface area contributed by atoms with Crippen molar-refractivity contribution >= 4 is 29.1 Å². The Hall–Kier alpha value is -4.10. The van der Waals surface area contributed by atoms with Crippen molar-refractivity contribution in [3.8, 4) is 11.3 Å². The van der Waals surface area contributed by atoms with Crippen molar-refractivity contribution in [3.05, 3.63) is 77.0 Å². The zero-order valence-electron chi connectivity index (χ0n) is 22.2. The monoisotopic (exact) mass is 598 g/mol. The highest BCUT2D eigenvalue weighted by atomic mass is 35.5. The van der Waals surface area contributed by atoms with E-state index in [1.54, 1.807) is 23.3 Å². The fourth-order valence-corrected chi connectivity index (χ4v) is 5.33. The molecule has 10 nitrogen and oxygen atoms in total. The molecular formula is C28H26ClF3N8O2. The molecule has 42 heavy (non-hydrogen) atoms. The molecule has 1 saturated heterocycles. The molecule has 1 saturated carbocycles. The first kappa shape index (κ1) is 28.0.